The summed E-state index contributed by atoms with van der Waals surface area (Å²) in [6.45, 7) is 4.11. The Morgan fingerprint density at radius 1 is 1.12 bits per heavy atom. The molecule has 140 valence electrons. The zero-order chi connectivity index (χ0) is 18.4. The highest BCUT2D eigenvalue weighted by Gasteiger charge is 2.20. The molecule has 2 rings (SSSR count). The summed E-state index contributed by atoms with van der Waals surface area (Å²) in [6, 6.07) is 5.81. The third-order valence-electron chi connectivity index (χ3n) is 4.94. The number of hydrogen-bond acceptors (Lipinski definition) is 3. The number of nitrogens with one attached hydrogen (secondary N) is 1. The first-order valence-corrected chi connectivity index (χ1v) is 11.0. The van der Waals surface area contributed by atoms with Crippen molar-refractivity contribution in [3.8, 4) is 0 Å². The molecule has 0 heterocycles. The number of amides is 1. The van der Waals surface area contributed by atoms with E-state index in [0.29, 0.717) is 5.69 Å². The van der Waals surface area contributed by atoms with Crippen LogP contribution in [-0.2, 0) is 14.8 Å². The van der Waals surface area contributed by atoms with E-state index in [2.05, 4.69) is 5.32 Å². The fourth-order valence-electron chi connectivity index (χ4n) is 3.29. The van der Waals surface area contributed by atoms with Crippen molar-refractivity contribution in [3.63, 3.8) is 0 Å². The van der Waals surface area contributed by atoms with Crippen LogP contribution in [0.3, 0.4) is 0 Å². The number of rotatable bonds is 6. The highest BCUT2D eigenvalue weighted by atomic mass is 32.2. The molecule has 1 fully saturated rings. The molecule has 1 saturated carbocycles. The number of anilines is 1. The van der Waals surface area contributed by atoms with Crippen molar-refractivity contribution >= 4 is 21.6 Å². The van der Waals surface area contributed by atoms with Gasteiger partial charge in [0.05, 0.1) is 11.9 Å². The second-order valence-corrected chi connectivity index (χ2v) is 9.02. The number of sulfonamides is 1. The summed E-state index contributed by atoms with van der Waals surface area (Å²) in [5.74, 6) is -0.0654. The number of carbonyl (C=O) groups excluding carboxylic acids is 1. The normalized spacial score (nSPS) is 16.3. The van der Waals surface area contributed by atoms with Gasteiger partial charge < -0.3 is 5.32 Å². The third-order valence-corrected chi connectivity index (χ3v) is 6.14. The SMILES string of the molecule is Cc1ccc(N(CCC(=O)NC2CCCCCC2)S(C)(=O)=O)cc1C. The van der Waals surface area contributed by atoms with Gasteiger partial charge in [-0.3, -0.25) is 9.10 Å². The highest BCUT2D eigenvalue weighted by molar-refractivity contribution is 7.92. The van der Waals surface area contributed by atoms with Crippen molar-refractivity contribution in [1.82, 2.24) is 5.32 Å². The van der Waals surface area contributed by atoms with Gasteiger partial charge in [-0.2, -0.15) is 0 Å². The van der Waals surface area contributed by atoms with Crippen molar-refractivity contribution in [1.29, 1.82) is 0 Å². The largest absolute Gasteiger partial charge is 0.353 e. The van der Waals surface area contributed by atoms with Crippen LogP contribution in [0.2, 0.25) is 0 Å². The molecule has 1 aromatic carbocycles. The van der Waals surface area contributed by atoms with E-state index in [4.69, 9.17) is 0 Å². The van der Waals surface area contributed by atoms with Gasteiger partial charge in [0, 0.05) is 19.0 Å². The molecule has 1 amide bonds. The Morgan fingerprint density at radius 2 is 1.76 bits per heavy atom. The number of nitrogens with zero attached hydrogens (tertiary/aromatic N) is 1. The molecule has 6 heteroatoms. The zero-order valence-electron chi connectivity index (χ0n) is 15.5. The third kappa shape index (κ3) is 6.03. The summed E-state index contributed by atoms with van der Waals surface area (Å²) in [7, 11) is -3.43. The van der Waals surface area contributed by atoms with Gasteiger partial charge in [0.25, 0.3) is 0 Å². The van der Waals surface area contributed by atoms with Gasteiger partial charge in [0.2, 0.25) is 15.9 Å². The molecule has 1 aliphatic carbocycles. The minimum atomic E-state index is -3.43. The number of carbonyl (C=O) groups is 1. The van der Waals surface area contributed by atoms with Crippen LogP contribution < -0.4 is 9.62 Å². The standard InChI is InChI=1S/C19H30N2O3S/c1-15-10-11-18(14-16(15)2)21(25(3,23)24)13-12-19(22)20-17-8-6-4-5-7-9-17/h10-11,14,17H,4-9,12-13H2,1-3H3,(H,20,22). The Balaban J connectivity index is 2.00. The number of aryl methyl sites for hydroxylation is 2. The maximum absolute atomic E-state index is 12.3. The van der Waals surface area contributed by atoms with E-state index in [-0.39, 0.29) is 24.9 Å². The quantitative estimate of drug-likeness (QED) is 0.786. The van der Waals surface area contributed by atoms with Crippen LogP contribution in [0.5, 0.6) is 0 Å². The average Bonchev–Trinajstić information content (AvgIpc) is 2.78. The topological polar surface area (TPSA) is 66.5 Å². The van der Waals surface area contributed by atoms with E-state index in [1.165, 1.54) is 23.4 Å². The van der Waals surface area contributed by atoms with Gasteiger partial charge in [-0.25, -0.2) is 8.42 Å². The Hall–Kier alpha value is -1.56. The number of hydrogen-bond donors (Lipinski definition) is 1. The molecule has 1 aliphatic rings. The summed E-state index contributed by atoms with van der Waals surface area (Å²) in [4.78, 5) is 12.3. The summed E-state index contributed by atoms with van der Waals surface area (Å²) in [5.41, 5.74) is 2.77. The molecule has 0 unspecified atom stereocenters. The predicted molar refractivity (Wildman–Crippen MR) is 102 cm³/mol. The molecule has 0 atom stereocenters. The summed E-state index contributed by atoms with van der Waals surface area (Å²) >= 11 is 0. The lowest BCUT2D eigenvalue weighted by Gasteiger charge is -2.24. The van der Waals surface area contributed by atoms with Crippen molar-refractivity contribution in [3.05, 3.63) is 29.3 Å². The molecule has 1 N–H and O–H groups in total. The lowest BCUT2D eigenvalue weighted by atomic mass is 10.1. The molecule has 0 spiro atoms. The van der Waals surface area contributed by atoms with Crippen LogP contribution in [0, 0.1) is 13.8 Å². The van der Waals surface area contributed by atoms with E-state index in [9.17, 15) is 13.2 Å². The minimum Gasteiger partial charge on any atom is -0.353 e. The molecule has 0 saturated heterocycles. The van der Waals surface area contributed by atoms with Gasteiger partial charge in [0.15, 0.2) is 0 Å². The maximum atomic E-state index is 12.3. The molecule has 0 aliphatic heterocycles. The molecule has 1 aromatic rings. The van der Waals surface area contributed by atoms with Crippen molar-refractivity contribution < 1.29 is 13.2 Å². The molecule has 0 aromatic heterocycles. The second kappa shape index (κ2) is 8.70. The van der Waals surface area contributed by atoms with Crippen molar-refractivity contribution in [2.75, 3.05) is 17.1 Å². The molecule has 5 nitrogen and oxygen atoms in total. The van der Waals surface area contributed by atoms with Gasteiger partial charge >= 0.3 is 0 Å². The molecule has 0 radical (unpaired) electrons. The number of benzene rings is 1. The summed E-state index contributed by atoms with van der Waals surface area (Å²) in [5, 5.41) is 3.08. The fourth-order valence-corrected chi connectivity index (χ4v) is 4.21. The van der Waals surface area contributed by atoms with Gasteiger partial charge in [-0.1, -0.05) is 31.7 Å². The lowest BCUT2D eigenvalue weighted by molar-refractivity contribution is -0.121. The average molecular weight is 367 g/mol. The van der Waals surface area contributed by atoms with Gasteiger partial charge in [-0.15, -0.1) is 0 Å². The van der Waals surface area contributed by atoms with Crippen molar-refractivity contribution in [2.24, 2.45) is 0 Å². The lowest BCUT2D eigenvalue weighted by Crippen LogP contribution is -2.38. The maximum Gasteiger partial charge on any atom is 0.232 e. The van der Waals surface area contributed by atoms with Gasteiger partial charge in [-0.05, 0) is 49.9 Å². The van der Waals surface area contributed by atoms with E-state index in [1.807, 2.05) is 26.0 Å². The van der Waals surface area contributed by atoms with E-state index in [0.717, 1.165) is 36.8 Å². The first-order chi connectivity index (χ1) is 11.8. The van der Waals surface area contributed by atoms with Crippen LogP contribution in [0.25, 0.3) is 0 Å². The second-order valence-electron chi connectivity index (χ2n) is 7.11. The van der Waals surface area contributed by atoms with E-state index >= 15 is 0 Å². The fraction of sp³-hybridized carbons (Fsp3) is 0.632. The van der Waals surface area contributed by atoms with Crippen LogP contribution in [0.4, 0.5) is 5.69 Å². The Labute approximate surface area is 151 Å². The summed E-state index contributed by atoms with van der Waals surface area (Å²) in [6.07, 6.45) is 8.20. The van der Waals surface area contributed by atoms with Crippen LogP contribution in [0.15, 0.2) is 18.2 Å². The van der Waals surface area contributed by atoms with Crippen LogP contribution in [-0.4, -0.2) is 33.2 Å². The first-order valence-electron chi connectivity index (χ1n) is 9.11. The van der Waals surface area contributed by atoms with E-state index < -0.39 is 10.0 Å². The monoisotopic (exact) mass is 366 g/mol. The zero-order valence-corrected chi connectivity index (χ0v) is 16.4. The predicted octanol–water partition coefficient (Wildman–Crippen LogP) is 3.30. The Kier molecular flexibility index (Phi) is 6.87. The minimum absolute atomic E-state index is 0.0654. The Morgan fingerprint density at radius 3 is 2.32 bits per heavy atom. The highest BCUT2D eigenvalue weighted by Crippen LogP contribution is 2.22. The van der Waals surface area contributed by atoms with Crippen LogP contribution >= 0.6 is 0 Å². The smallest absolute Gasteiger partial charge is 0.232 e. The molecule has 25 heavy (non-hydrogen) atoms. The Bertz CT molecular complexity index is 693. The summed E-state index contributed by atoms with van der Waals surface area (Å²) < 4.78 is 25.7. The molecular weight excluding hydrogens is 336 g/mol. The van der Waals surface area contributed by atoms with E-state index in [1.54, 1.807) is 6.07 Å². The first kappa shape index (κ1) is 19.8. The van der Waals surface area contributed by atoms with Gasteiger partial charge in [0.1, 0.15) is 0 Å². The molecule has 0 bridgehead atoms. The van der Waals surface area contributed by atoms with Crippen LogP contribution in [0.1, 0.15) is 56.1 Å². The van der Waals surface area contributed by atoms with Crippen molar-refractivity contribution in [2.45, 2.75) is 64.8 Å². The molecular formula is C19H30N2O3S.